The van der Waals surface area contributed by atoms with Crippen molar-refractivity contribution in [2.75, 3.05) is 18.5 Å². The zero-order valence-corrected chi connectivity index (χ0v) is 13.5. The quantitative estimate of drug-likeness (QED) is 0.425. The van der Waals surface area contributed by atoms with Crippen molar-refractivity contribution in [3.05, 3.63) is 29.3 Å². The van der Waals surface area contributed by atoms with Crippen molar-refractivity contribution in [3.63, 3.8) is 0 Å². The largest absolute Gasteiger partial charge is 0.490 e. The van der Waals surface area contributed by atoms with Crippen LogP contribution in [-0.4, -0.2) is 35.5 Å². The Labute approximate surface area is 128 Å². The van der Waals surface area contributed by atoms with Gasteiger partial charge in [-0.25, -0.2) is 0 Å². The summed E-state index contributed by atoms with van der Waals surface area (Å²) in [5, 5.41) is 9.91. The number of hydrogen-bond acceptors (Lipinski definition) is 4. The van der Waals surface area contributed by atoms with E-state index in [1.54, 1.807) is 12.1 Å². The van der Waals surface area contributed by atoms with Crippen LogP contribution >= 0.6 is 15.9 Å². The third-order valence-corrected chi connectivity index (χ3v) is 3.40. The molecule has 0 aliphatic rings. The van der Waals surface area contributed by atoms with E-state index in [0.717, 1.165) is 12.0 Å². The number of Topliss-reactive ketones (excluding diaryl/α,β-unsaturated/α-hetero) is 1. The molecule has 0 aliphatic heterocycles. The number of carbonyl (C=O) groups is 1. The van der Waals surface area contributed by atoms with Gasteiger partial charge in [0.25, 0.3) is 0 Å². The zero-order valence-electron chi connectivity index (χ0n) is 11.9. The summed E-state index contributed by atoms with van der Waals surface area (Å²) in [6.45, 7) is 4.88. The Bertz CT molecular complexity index is 434. The third-order valence-electron chi connectivity index (χ3n) is 2.65. The normalized spacial score (nSPS) is 12.2. The molecule has 0 bridgehead atoms. The molecule has 0 aromatic heterocycles. The smallest absolute Gasteiger partial charge is 0.163 e. The van der Waals surface area contributed by atoms with Crippen molar-refractivity contribution < 1.29 is 19.4 Å². The second-order valence-corrected chi connectivity index (χ2v) is 5.21. The van der Waals surface area contributed by atoms with Gasteiger partial charge in [-0.2, -0.15) is 0 Å². The highest BCUT2D eigenvalue weighted by atomic mass is 79.9. The predicted octanol–water partition coefficient (Wildman–Crippen LogP) is 2.95. The molecule has 0 saturated heterocycles. The average molecular weight is 345 g/mol. The van der Waals surface area contributed by atoms with Crippen LogP contribution in [0, 0.1) is 0 Å². The number of rotatable bonds is 9. The zero-order chi connectivity index (χ0) is 15.0. The predicted molar refractivity (Wildman–Crippen MR) is 81.7 cm³/mol. The van der Waals surface area contributed by atoms with Gasteiger partial charge in [0.05, 0.1) is 18.3 Å². The van der Waals surface area contributed by atoms with Gasteiger partial charge in [-0.1, -0.05) is 28.9 Å². The summed E-state index contributed by atoms with van der Waals surface area (Å²) in [4.78, 5) is 11.7. The van der Waals surface area contributed by atoms with Gasteiger partial charge in [0.15, 0.2) is 5.78 Å². The maximum atomic E-state index is 11.7. The summed E-state index contributed by atoms with van der Waals surface area (Å²) in [6, 6.07) is 5.41. The standard InChI is InChI=1S/C15H21BrO4/c1-3-6-19-9-12-4-5-15(14(7-12)11(2)17)20-10-13(18)8-16/h4-5,7,13,18H,3,6,8-10H2,1-2H3. The molecule has 5 heteroatoms. The van der Waals surface area contributed by atoms with Crippen LogP contribution in [0.15, 0.2) is 18.2 Å². The van der Waals surface area contributed by atoms with Gasteiger partial charge in [-0.05, 0) is 31.0 Å². The molecule has 20 heavy (non-hydrogen) atoms. The summed E-state index contributed by atoms with van der Waals surface area (Å²) < 4.78 is 11.0. The molecule has 1 rings (SSSR count). The minimum Gasteiger partial charge on any atom is -0.490 e. The average Bonchev–Trinajstić information content (AvgIpc) is 2.45. The van der Waals surface area contributed by atoms with E-state index in [9.17, 15) is 9.90 Å². The number of carbonyl (C=O) groups excluding carboxylic acids is 1. The molecule has 0 saturated carbocycles. The van der Waals surface area contributed by atoms with E-state index in [4.69, 9.17) is 9.47 Å². The van der Waals surface area contributed by atoms with Gasteiger partial charge in [0.1, 0.15) is 12.4 Å². The molecular formula is C15H21BrO4. The maximum absolute atomic E-state index is 11.7. The van der Waals surface area contributed by atoms with Crippen LogP contribution in [0.1, 0.15) is 36.2 Å². The summed E-state index contributed by atoms with van der Waals surface area (Å²) in [7, 11) is 0. The highest BCUT2D eigenvalue weighted by Crippen LogP contribution is 2.22. The highest BCUT2D eigenvalue weighted by molar-refractivity contribution is 9.09. The number of aliphatic hydroxyl groups excluding tert-OH is 1. The second-order valence-electron chi connectivity index (χ2n) is 4.56. The molecule has 0 radical (unpaired) electrons. The number of hydrogen-bond donors (Lipinski definition) is 1. The van der Waals surface area contributed by atoms with E-state index in [1.165, 1.54) is 6.92 Å². The monoisotopic (exact) mass is 344 g/mol. The lowest BCUT2D eigenvalue weighted by Gasteiger charge is -2.13. The van der Waals surface area contributed by atoms with Crippen molar-refractivity contribution in [2.24, 2.45) is 0 Å². The van der Waals surface area contributed by atoms with Gasteiger partial charge in [-0.15, -0.1) is 0 Å². The fourth-order valence-electron chi connectivity index (χ4n) is 1.63. The molecule has 0 fully saturated rings. The Morgan fingerprint density at radius 1 is 1.45 bits per heavy atom. The molecule has 0 heterocycles. The topological polar surface area (TPSA) is 55.8 Å². The van der Waals surface area contributed by atoms with Crippen LogP contribution in [0.4, 0.5) is 0 Å². The number of halogens is 1. The number of ketones is 1. The lowest BCUT2D eigenvalue weighted by Crippen LogP contribution is -2.19. The Balaban J connectivity index is 2.76. The van der Waals surface area contributed by atoms with Gasteiger partial charge in [-0.3, -0.25) is 4.79 Å². The van der Waals surface area contributed by atoms with E-state index in [2.05, 4.69) is 15.9 Å². The Morgan fingerprint density at radius 3 is 2.80 bits per heavy atom. The Kier molecular flexibility index (Phi) is 7.80. The first-order valence-electron chi connectivity index (χ1n) is 6.66. The van der Waals surface area contributed by atoms with Crippen molar-refractivity contribution in [2.45, 2.75) is 33.0 Å². The van der Waals surface area contributed by atoms with Gasteiger partial charge >= 0.3 is 0 Å². The van der Waals surface area contributed by atoms with Crippen molar-refractivity contribution in [1.29, 1.82) is 0 Å². The SMILES string of the molecule is CCCOCc1ccc(OCC(O)CBr)c(C(C)=O)c1. The second kappa shape index (κ2) is 9.10. The minimum absolute atomic E-state index is 0.0642. The molecule has 112 valence electrons. The van der Waals surface area contributed by atoms with Gasteiger partial charge < -0.3 is 14.6 Å². The molecule has 1 N–H and O–H groups in total. The molecule has 1 unspecified atom stereocenters. The van der Waals surface area contributed by atoms with Crippen molar-refractivity contribution in [1.82, 2.24) is 0 Å². The van der Waals surface area contributed by atoms with E-state index < -0.39 is 6.10 Å². The van der Waals surface area contributed by atoms with Crippen molar-refractivity contribution in [3.8, 4) is 5.75 Å². The Hall–Kier alpha value is -0.910. The molecule has 4 nitrogen and oxygen atoms in total. The molecular weight excluding hydrogens is 324 g/mol. The van der Waals surface area contributed by atoms with E-state index in [0.29, 0.717) is 29.9 Å². The summed E-state index contributed by atoms with van der Waals surface area (Å²) in [5.74, 6) is 0.433. The van der Waals surface area contributed by atoms with Crippen LogP contribution < -0.4 is 4.74 Å². The van der Waals surface area contributed by atoms with E-state index in [-0.39, 0.29) is 12.4 Å². The maximum Gasteiger partial charge on any atom is 0.163 e. The van der Waals surface area contributed by atoms with Crippen LogP contribution in [-0.2, 0) is 11.3 Å². The Morgan fingerprint density at radius 2 is 2.20 bits per heavy atom. The molecule has 0 amide bonds. The fraction of sp³-hybridized carbons (Fsp3) is 0.533. The highest BCUT2D eigenvalue weighted by Gasteiger charge is 2.11. The van der Waals surface area contributed by atoms with Crippen LogP contribution in [0.5, 0.6) is 5.75 Å². The van der Waals surface area contributed by atoms with Crippen molar-refractivity contribution >= 4 is 21.7 Å². The lowest BCUT2D eigenvalue weighted by molar-refractivity contribution is 0.0996. The molecule has 1 aromatic carbocycles. The first-order valence-corrected chi connectivity index (χ1v) is 7.79. The number of alkyl halides is 1. The summed E-state index contributed by atoms with van der Waals surface area (Å²) in [5.41, 5.74) is 1.46. The summed E-state index contributed by atoms with van der Waals surface area (Å²) in [6.07, 6.45) is 0.368. The number of ether oxygens (including phenoxy) is 2. The first kappa shape index (κ1) is 17.1. The third kappa shape index (κ3) is 5.61. The van der Waals surface area contributed by atoms with Crippen LogP contribution in [0.3, 0.4) is 0 Å². The number of aliphatic hydroxyl groups is 1. The molecule has 1 aromatic rings. The summed E-state index contributed by atoms with van der Waals surface area (Å²) >= 11 is 3.17. The number of benzene rings is 1. The molecule has 1 atom stereocenters. The lowest BCUT2D eigenvalue weighted by atomic mass is 10.1. The fourth-order valence-corrected chi connectivity index (χ4v) is 1.82. The molecule has 0 aliphatic carbocycles. The molecule has 0 spiro atoms. The first-order chi connectivity index (χ1) is 9.58. The van der Waals surface area contributed by atoms with E-state index in [1.807, 2.05) is 13.0 Å². The van der Waals surface area contributed by atoms with Crippen LogP contribution in [0.2, 0.25) is 0 Å². The van der Waals surface area contributed by atoms with E-state index >= 15 is 0 Å². The van der Waals surface area contributed by atoms with Crippen LogP contribution in [0.25, 0.3) is 0 Å². The minimum atomic E-state index is -0.595. The van der Waals surface area contributed by atoms with Gasteiger partial charge in [0.2, 0.25) is 0 Å². The van der Waals surface area contributed by atoms with Gasteiger partial charge in [0, 0.05) is 11.9 Å².